The van der Waals surface area contributed by atoms with Gasteiger partial charge in [-0.3, -0.25) is 0 Å². The molecule has 2 aromatic heterocycles. The van der Waals surface area contributed by atoms with E-state index in [9.17, 15) is 8.42 Å². The molecule has 0 saturated carbocycles. The molecule has 19 heavy (non-hydrogen) atoms. The molecule has 0 atom stereocenters. The summed E-state index contributed by atoms with van der Waals surface area (Å²) < 4.78 is 31.5. The molecule has 0 bridgehead atoms. The van der Waals surface area contributed by atoms with Gasteiger partial charge in [0.05, 0.1) is 6.26 Å². The predicted molar refractivity (Wildman–Crippen MR) is 71.4 cm³/mol. The summed E-state index contributed by atoms with van der Waals surface area (Å²) in [5.41, 5.74) is 0. The molecular formula is C12H15N3O3S. The van der Waals surface area contributed by atoms with E-state index in [-0.39, 0.29) is 11.4 Å². The van der Waals surface area contributed by atoms with E-state index < -0.39 is 10.0 Å². The maximum atomic E-state index is 12.0. The van der Waals surface area contributed by atoms with Gasteiger partial charge in [-0.2, -0.15) is 0 Å². The minimum Gasteiger partial charge on any atom is -0.469 e. The number of hydrogen-bond acceptors (Lipinski definition) is 5. The molecule has 2 N–H and O–H groups in total. The van der Waals surface area contributed by atoms with Crippen LogP contribution in [-0.4, -0.2) is 27.0 Å². The van der Waals surface area contributed by atoms with E-state index in [0.29, 0.717) is 12.2 Å². The number of furan rings is 1. The zero-order chi connectivity index (χ0) is 13.7. The van der Waals surface area contributed by atoms with Crippen molar-refractivity contribution in [3.8, 4) is 0 Å². The second-order valence-corrected chi connectivity index (χ2v) is 5.62. The van der Waals surface area contributed by atoms with Gasteiger partial charge >= 0.3 is 0 Å². The lowest BCUT2D eigenvalue weighted by molar-refractivity contribution is 0.506. The Bertz CT molecular complexity index is 606. The third-order valence-corrected chi connectivity index (χ3v) is 3.99. The zero-order valence-corrected chi connectivity index (χ0v) is 11.3. The standard InChI is InChI=1S/C12H15N3O3S/c1-13-12-5-4-11(9-14-12)19(16,17)15-7-6-10-3-2-8-18-10/h2-5,8-9,15H,6-7H2,1H3,(H,13,14). The van der Waals surface area contributed by atoms with Crippen LogP contribution in [0.2, 0.25) is 0 Å². The van der Waals surface area contributed by atoms with Gasteiger partial charge in [-0.15, -0.1) is 0 Å². The highest BCUT2D eigenvalue weighted by atomic mass is 32.2. The normalized spacial score (nSPS) is 11.4. The molecular weight excluding hydrogens is 266 g/mol. The molecule has 0 aromatic carbocycles. The van der Waals surface area contributed by atoms with Crippen molar-refractivity contribution in [2.24, 2.45) is 0 Å². The SMILES string of the molecule is CNc1ccc(S(=O)(=O)NCCc2ccco2)cn1. The summed E-state index contributed by atoms with van der Waals surface area (Å²) in [6.07, 6.45) is 3.39. The highest BCUT2D eigenvalue weighted by molar-refractivity contribution is 7.89. The summed E-state index contributed by atoms with van der Waals surface area (Å²) in [6, 6.07) is 6.69. The number of rotatable bonds is 6. The van der Waals surface area contributed by atoms with Gasteiger partial charge in [0.25, 0.3) is 0 Å². The molecule has 2 heterocycles. The van der Waals surface area contributed by atoms with Crippen LogP contribution in [0.3, 0.4) is 0 Å². The Hall–Kier alpha value is -1.86. The highest BCUT2D eigenvalue weighted by Crippen LogP contribution is 2.10. The monoisotopic (exact) mass is 281 g/mol. The Balaban J connectivity index is 1.97. The van der Waals surface area contributed by atoms with Crippen molar-refractivity contribution in [2.45, 2.75) is 11.3 Å². The summed E-state index contributed by atoms with van der Waals surface area (Å²) >= 11 is 0. The maximum Gasteiger partial charge on any atom is 0.242 e. The van der Waals surface area contributed by atoms with Crippen molar-refractivity contribution in [3.05, 3.63) is 42.5 Å². The molecule has 102 valence electrons. The first kappa shape index (κ1) is 13.6. The summed E-state index contributed by atoms with van der Waals surface area (Å²) in [6.45, 7) is 0.281. The van der Waals surface area contributed by atoms with Gasteiger partial charge in [0.2, 0.25) is 10.0 Å². The van der Waals surface area contributed by atoms with Gasteiger partial charge in [-0.05, 0) is 24.3 Å². The van der Waals surface area contributed by atoms with E-state index >= 15 is 0 Å². The molecule has 2 rings (SSSR count). The van der Waals surface area contributed by atoms with Crippen molar-refractivity contribution in [1.82, 2.24) is 9.71 Å². The number of pyridine rings is 1. The first-order valence-corrected chi connectivity index (χ1v) is 7.26. The van der Waals surface area contributed by atoms with E-state index in [1.165, 1.54) is 12.3 Å². The average molecular weight is 281 g/mol. The molecule has 7 heteroatoms. The fraction of sp³-hybridized carbons (Fsp3) is 0.250. The molecule has 0 unspecified atom stereocenters. The van der Waals surface area contributed by atoms with E-state index in [2.05, 4.69) is 15.0 Å². The molecule has 6 nitrogen and oxygen atoms in total. The lowest BCUT2D eigenvalue weighted by Crippen LogP contribution is -2.26. The first-order chi connectivity index (χ1) is 9.12. The third kappa shape index (κ3) is 3.55. The molecule has 0 aliphatic heterocycles. The van der Waals surface area contributed by atoms with Crippen molar-refractivity contribution >= 4 is 15.8 Å². The van der Waals surface area contributed by atoms with Gasteiger partial charge in [-0.1, -0.05) is 0 Å². The number of sulfonamides is 1. The topological polar surface area (TPSA) is 84.2 Å². The Morgan fingerprint density at radius 1 is 1.32 bits per heavy atom. The Morgan fingerprint density at radius 2 is 2.16 bits per heavy atom. The molecule has 0 saturated heterocycles. The molecule has 0 fully saturated rings. The van der Waals surface area contributed by atoms with Crippen LogP contribution >= 0.6 is 0 Å². The van der Waals surface area contributed by atoms with E-state index in [1.54, 1.807) is 31.5 Å². The van der Waals surface area contributed by atoms with Crippen molar-refractivity contribution in [1.29, 1.82) is 0 Å². The fourth-order valence-corrected chi connectivity index (χ4v) is 2.51. The molecule has 0 aliphatic carbocycles. The quantitative estimate of drug-likeness (QED) is 0.832. The predicted octanol–water partition coefficient (Wildman–Crippen LogP) is 1.24. The van der Waals surface area contributed by atoms with Crippen LogP contribution in [-0.2, 0) is 16.4 Å². The van der Waals surface area contributed by atoms with Gasteiger partial charge in [0.1, 0.15) is 16.5 Å². The lowest BCUT2D eigenvalue weighted by Gasteiger charge is -2.06. The Labute approximate surface area is 111 Å². The summed E-state index contributed by atoms with van der Waals surface area (Å²) in [7, 11) is -1.80. The Kier molecular flexibility index (Phi) is 4.18. The second kappa shape index (κ2) is 5.85. The van der Waals surface area contributed by atoms with Crippen molar-refractivity contribution in [2.75, 3.05) is 18.9 Å². The molecule has 2 aromatic rings. The second-order valence-electron chi connectivity index (χ2n) is 3.86. The number of anilines is 1. The van der Waals surface area contributed by atoms with Gasteiger partial charge in [0, 0.05) is 26.2 Å². The van der Waals surface area contributed by atoms with Crippen LogP contribution in [0, 0.1) is 0 Å². The van der Waals surface area contributed by atoms with Crippen LogP contribution in [0.15, 0.2) is 46.0 Å². The largest absolute Gasteiger partial charge is 0.469 e. The first-order valence-electron chi connectivity index (χ1n) is 5.78. The molecule has 0 radical (unpaired) electrons. The summed E-state index contributed by atoms with van der Waals surface area (Å²) in [5, 5.41) is 2.83. The van der Waals surface area contributed by atoms with Gasteiger partial charge < -0.3 is 9.73 Å². The minimum atomic E-state index is -3.52. The van der Waals surface area contributed by atoms with E-state index in [0.717, 1.165) is 5.76 Å². The smallest absolute Gasteiger partial charge is 0.242 e. The fourth-order valence-electron chi connectivity index (χ4n) is 1.53. The van der Waals surface area contributed by atoms with Crippen molar-refractivity contribution < 1.29 is 12.8 Å². The van der Waals surface area contributed by atoms with E-state index in [4.69, 9.17) is 4.42 Å². The minimum absolute atomic E-state index is 0.144. The summed E-state index contributed by atoms with van der Waals surface area (Å²) in [5.74, 6) is 1.36. The van der Waals surface area contributed by atoms with Crippen LogP contribution in [0.4, 0.5) is 5.82 Å². The third-order valence-electron chi connectivity index (χ3n) is 2.55. The number of nitrogens with one attached hydrogen (secondary N) is 2. The van der Waals surface area contributed by atoms with Crippen molar-refractivity contribution in [3.63, 3.8) is 0 Å². The molecule has 0 amide bonds. The van der Waals surface area contributed by atoms with Crippen LogP contribution in [0.25, 0.3) is 0 Å². The number of nitrogens with zero attached hydrogens (tertiary/aromatic N) is 1. The van der Waals surface area contributed by atoms with Crippen LogP contribution in [0.1, 0.15) is 5.76 Å². The molecule has 0 spiro atoms. The molecule has 0 aliphatic rings. The maximum absolute atomic E-state index is 12.0. The Morgan fingerprint density at radius 3 is 2.74 bits per heavy atom. The van der Waals surface area contributed by atoms with Gasteiger partial charge in [-0.25, -0.2) is 18.1 Å². The zero-order valence-electron chi connectivity index (χ0n) is 10.5. The van der Waals surface area contributed by atoms with Gasteiger partial charge in [0.15, 0.2) is 0 Å². The lowest BCUT2D eigenvalue weighted by atomic mass is 10.3. The highest BCUT2D eigenvalue weighted by Gasteiger charge is 2.13. The summed E-state index contributed by atoms with van der Waals surface area (Å²) in [4.78, 5) is 4.12. The van der Waals surface area contributed by atoms with Crippen LogP contribution < -0.4 is 10.0 Å². The number of aromatic nitrogens is 1. The number of hydrogen-bond donors (Lipinski definition) is 2. The average Bonchev–Trinajstić information content (AvgIpc) is 2.92. The van der Waals surface area contributed by atoms with Crippen LogP contribution in [0.5, 0.6) is 0 Å². The van der Waals surface area contributed by atoms with E-state index in [1.807, 2.05) is 0 Å².